The first-order chi connectivity index (χ1) is 0. The standard InChI is InChI=1S/Ag.Al.4ClH/h;;4*1H/q+1;+3;;;;/p-4. The van der Waals surface area contributed by atoms with Crippen molar-refractivity contribution in [3.8, 4) is 0 Å². The fraction of sp³-hybridized carbons (Fsp3) is 0. The third-order valence-electron chi connectivity index (χ3n) is 0. The summed E-state index contributed by atoms with van der Waals surface area (Å²) in [6, 6.07) is 0. The van der Waals surface area contributed by atoms with E-state index in [9.17, 15) is 0 Å². The Morgan fingerprint density at radius 1 is 0.500 bits per heavy atom. The zero-order valence-corrected chi connectivity index (χ0v) is 8.05. The fourth-order valence-corrected chi connectivity index (χ4v) is 0. The molecule has 0 aliphatic heterocycles. The van der Waals surface area contributed by atoms with Crippen LogP contribution in [0.25, 0.3) is 0 Å². The molecule has 0 saturated heterocycles. The van der Waals surface area contributed by atoms with Crippen molar-refractivity contribution in [1.82, 2.24) is 0 Å². The summed E-state index contributed by atoms with van der Waals surface area (Å²) in [6.45, 7) is 0. The Morgan fingerprint density at radius 2 is 0.500 bits per heavy atom. The SMILES string of the molecule is [Ag+].[Al+3].[Cl-].[Cl-].[Cl-].[Cl-]. The van der Waals surface area contributed by atoms with Crippen LogP contribution in [-0.4, -0.2) is 17.4 Å². The zero-order chi connectivity index (χ0) is 0. The van der Waals surface area contributed by atoms with Gasteiger partial charge in [0.15, 0.2) is 0 Å². The molecule has 0 unspecified atom stereocenters. The summed E-state index contributed by atoms with van der Waals surface area (Å²) in [6.07, 6.45) is 0. The largest absolute Gasteiger partial charge is 3.00 e. The first-order valence-corrected chi connectivity index (χ1v) is 0. The van der Waals surface area contributed by atoms with E-state index in [1.54, 1.807) is 0 Å². The third kappa shape index (κ3) is 32.1. The van der Waals surface area contributed by atoms with Crippen molar-refractivity contribution in [1.29, 1.82) is 0 Å². The van der Waals surface area contributed by atoms with Crippen molar-refractivity contribution in [3.63, 3.8) is 0 Å². The Morgan fingerprint density at radius 3 is 0.500 bits per heavy atom. The smallest absolute Gasteiger partial charge is 1.00 e. The second kappa shape index (κ2) is 52.0. The summed E-state index contributed by atoms with van der Waals surface area (Å²) < 4.78 is 0. The van der Waals surface area contributed by atoms with Gasteiger partial charge in [0.05, 0.1) is 0 Å². The molecular weight excluding hydrogens is 277 g/mol. The molecule has 0 bridgehead atoms. The molecule has 0 saturated carbocycles. The van der Waals surface area contributed by atoms with E-state index >= 15 is 0 Å². The van der Waals surface area contributed by atoms with Crippen molar-refractivity contribution in [2.75, 3.05) is 0 Å². The second-order valence-electron chi connectivity index (χ2n) is 0. The first kappa shape index (κ1) is 78.7. The second-order valence-corrected chi connectivity index (χ2v) is 0. The molecule has 6 heteroatoms. The molecule has 0 fully saturated rings. The summed E-state index contributed by atoms with van der Waals surface area (Å²) in [5.74, 6) is 0. The van der Waals surface area contributed by atoms with E-state index in [1.807, 2.05) is 0 Å². The van der Waals surface area contributed by atoms with Crippen molar-refractivity contribution < 1.29 is 72.0 Å². The minimum atomic E-state index is 0. The van der Waals surface area contributed by atoms with Gasteiger partial charge in [-0.15, -0.1) is 0 Å². The molecule has 0 aliphatic carbocycles. The average Bonchev–Trinajstić information content (AvgIpc) is 0. The van der Waals surface area contributed by atoms with Gasteiger partial charge in [0, 0.05) is 0 Å². The van der Waals surface area contributed by atoms with Crippen LogP contribution >= 0.6 is 0 Å². The summed E-state index contributed by atoms with van der Waals surface area (Å²) >= 11 is 0. The molecule has 0 radical (unpaired) electrons. The molecule has 0 atom stereocenters. The van der Waals surface area contributed by atoms with Crippen molar-refractivity contribution >= 4 is 17.4 Å². The molecular formula is AgAlCl4. The van der Waals surface area contributed by atoms with Gasteiger partial charge in [0.1, 0.15) is 0 Å². The van der Waals surface area contributed by atoms with Crippen LogP contribution < -0.4 is 49.6 Å². The minimum Gasteiger partial charge on any atom is -1.00 e. The first-order valence-electron chi connectivity index (χ1n) is 0. The minimum absolute atomic E-state index is 0. The van der Waals surface area contributed by atoms with E-state index in [4.69, 9.17) is 0 Å². The molecule has 0 aliphatic rings. The monoisotopic (exact) mass is 274 g/mol. The Labute approximate surface area is 88.5 Å². The van der Waals surface area contributed by atoms with Crippen LogP contribution in [0.5, 0.6) is 0 Å². The van der Waals surface area contributed by atoms with Crippen LogP contribution in [0.2, 0.25) is 0 Å². The molecule has 0 N–H and O–H groups in total. The zero-order valence-electron chi connectivity index (χ0n) is 2.39. The predicted molar refractivity (Wildman–Crippen MR) is 5.75 cm³/mol. The molecule has 6 heavy (non-hydrogen) atoms. The molecule has 0 heterocycles. The van der Waals surface area contributed by atoms with Crippen LogP contribution in [-0.2, 0) is 22.4 Å². The Hall–Kier alpha value is 2.43. The number of halogens is 4. The summed E-state index contributed by atoms with van der Waals surface area (Å²) in [7, 11) is 0. The van der Waals surface area contributed by atoms with Crippen LogP contribution in [0.15, 0.2) is 0 Å². The van der Waals surface area contributed by atoms with Crippen molar-refractivity contribution in [2.24, 2.45) is 0 Å². The van der Waals surface area contributed by atoms with E-state index in [0.29, 0.717) is 0 Å². The van der Waals surface area contributed by atoms with Gasteiger partial charge in [0.25, 0.3) is 0 Å². The summed E-state index contributed by atoms with van der Waals surface area (Å²) in [5, 5.41) is 0. The van der Waals surface area contributed by atoms with Gasteiger partial charge in [-0.3, -0.25) is 0 Å². The van der Waals surface area contributed by atoms with Gasteiger partial charge >= 0.3 is 39.7 Å². The number of hydrogen-bond donors (Lipinski definition) is 0. The third-order valence-corrected chi connectivity index (χ3v) is 0. The van der Waals surface area contributed by atoms with Gasteiger partial charge in [-0.05, 0) is 0 Å². The molecule has 0 aromatic carbocycles. The van der Waals surface area contributed by atoms with E-state index in [0.717, 1.165) is 0 Å². The van der Waals surface area contributed by atoms with Crippen LogP contribution in [0.3, 0.4) is 0 Å². The molecule has 0 rings (SSSR count). The normalized spacial score (nSPS) is 0. The molecule has 0 spiro atoms. The maximum absolute atomic E-state index is 0. The number of rotatable bonds is 0. The maximum Gasteiger partial charge on any atom is 3.00 e. The molecule has 0 amide bonds. The Kier molecular flexibility index (Phi) is 682. The quantitative estimate of drug-likeness (QED) is 0.386. The van der Waals surface area contributed by atoms with Crippen molar-refractivity contribution in [3.05, 3.63) is 0 Å². The van der Waals surface area contributed by atoms with Crippen LogP contribution in [0, 0.1) is 0 Å². The Balaban J connectivity index is 0. The van der Waals surface area contributed by atoms with E-state index in [1.165, 1.54) is 0 Å². The van der Waals surface area contributed by atoms with Gasteiger partial charge in [-0.1, -0.05) is 0 Å². The summed E-state index contributed by atoms with van der Waals surface area (Å²) in [5.41, 5.74) is 0. The molecule has 0 aromatic rings. The Bertz CT molecular complexity index is 7.51. The van der Waals surface area contributed by atoms with Crippen molar-refractivity contribution in [2.45, 2.75) is 0 Å². The van der Waals surface area contributed by atoms with E-state index in [-0.39, 0.29) is 89.4 Å². The fourth-order valence-electron chi connectivity index (χ4n) is 0. The van der Waals surface area contributed by atoms with Gasteiger partial charge in [-0.2, -0.15) is 0 Å². The van der Waals surface area contributed by atoms with E-state index in [2.05, 4.69) is 0 Å². The van der Waals surface area contributed by atoms with Gasteiger partial charge < -0.3 is 49.6 Å². The van der Waals surface area contributed by atoms with Crippen LogP contribution in [0.1, 0.15) is 0 Å². The predicted octanol–water partition coefficient (Wildman–Crippen LogP) is -12.4. The van der Waals surface area contributed by atoms with E-state index < -0.39 is 0 Å². The van der Waals surface area contributed by atoms with Gasteiger partial charge in [-0.25, -0.2) is 0 Å². The summed E-state index contributed by atoms with van der Waals surface area (Å²) in [4.78, 5) is 0. The average molecular weight is 277 g/mol. The molecule has 0 nitrogen and oxygen atoms in total. The van der Waals surface area contributed by atoms with Crippen LogP contribution in [0.4, 0.5) is 0 Å². The topological polar surface area (TPSA) is 0 Å². The maximum atomic E-state index is 0. The molecule has 0 aromatic heterocycles. The number of hydrogen-bond acceptors (Lipinski definition) is 0. The van der Waals surface area contributed by atoms with Gasteiger partial charge in [0.2, 0.25) is 0 Å². The molecule has 42 valence electrons.